The van der Waals surface area contributed by atoms with Crippen LogP contribution < -0.4 is 5.73 Å². The average molecular weight is 97.2 g/mol. The van der Waals surface area contributed by atoms with Gasteiger partial charge in [0.05, 0.1) is 0 Å². The van der Waals surface area contributed by atoms with Crippen LogP contribution in [0.25, 0.3) is 0 Å². The minimum absolute atomic E-state index is 0.0139. The van der Waals surface area contributed by atoms with E-state index in [-0.39, 0.29) is 5.54 Å². The van der Waals surface area contributed by atoms with Crippen LogP contribution in [0.4, 0.5) is 0 Å². The molecule has 1 aliphatic carbocycles. The van der Waals surface area contributed by atoms with Gasteiger partial charge in [0.15, 0.2) is 0 Å². The van der Waals surface area contributed by atoms with Crippen LogP contribution in [0.2, 0.25) is 0 Å². The fraction of sp³-hybridized carbons (Fsp3) is 0.667. The van der Waals surface area contributed by atoms with Gasteiger partial charge in [-0.25, -0.2) is 0 Å². The van der Waals surface area contributed by atoms with Crippen LogP contribution >= 0.6 is 0 Å². The summed E-state index contributed by atoms with van der Waals surface area (Å²) in [5.41, 5.74) is 5.70. The molecule has 1 aliphatic rings. The molecule has 0 radical (unpaired) electrons. The van der Waals surface area contributed by atoms with E-state index in [0.717, 1.165) is 12.8 Å². The molecule has 1 atom stereocenters. The standard InChI is InChI=1S/C6H11N/c1-6(7)4-2-3-5-6/h2,4H,3,5,7H2,1H3. The first-order chi connectivity index (χ1) is 3.21. The molecule has 0 aromatic heterocycles. The highest BCUT2D eigenvalue weighted by Crippen LogP contribution is 2.17. The Bertz CT molecular complexity index is 92.4. The molecule has 1 rings (SSSR count). The van der Waals surface area contributed by atoms with E-state index in [9.17, 15) is 0 Å². The van der Waals surface area contributed by atoms with E-state index in [4.69, 9.17) is 5.73 Å². The van der Waals surface area contributed by atoms with Gasteiger partial charge in [-0.05, 0) is 19.8 Å². The van der Waals surface area contributed by atoms with Crippen LogP contribution in [0, 0.1) is 0 Å². The molecule has 0 aromatic carbocycles. The third kappa shape index (κ3) is 1.03. The highest BCUT2D eigenvalue weighted by atomic mass is 14.7. The first-order valence-corrected chi connectivity index (χ1v) is 2.67. The number of rotatable bonds is 0. The molecule has 40 valence electrons. The second-order valence-corrected chi connectivity index (χ2v) is 2.45. The highest BCUT2D eigenvalue weighted by Gasteiger charge is 2.16. The summed E-state index contributed by atoms with van der Waals surface area (Å²) in [4.78, 5) is 0. The van der Waals surface area contributed by atoms with Crippen molar-refractivity contribution in [2.45, 2.75) is 25.3 Å². The minimum Gasteiger partial charge on any atom is -0.322 e. The van der Waals surface area contributed by atoms with Crippen molar-refractivity contribution in [1.29, 1.82) is 0 Å². The molecule has 0 bridgehead atoms. The maximum absolute atomic E-state index is 5.69. The Kier molecular flexibility index (Phi) is 0.927. The summed E-state index contributed by atoms with van der Waals surface area (Å²) in [6.45, 7) is 2.05. The van der Waals surface area contributed by atoms with E-state index in [1.807, 2.05) is 0 Å². The molecular formula is C6H11N. The Hall–Kier alpha value is -0.300. The second kappa shape index (κ2) is 1.34. The Morgan fingerprint density at radius 2 is 2.43 bits per heavy atom. The van der Waals surface area contributed by atoms with Crippen molar-refractivity contribution in [2.75, 3.05) is 0 Å². The van der Waals surface area contributed by atoms with Crippen LogP contribution in [0.3, 0.4) is 0 Å². The van der Waals surface area contributed by atoms with Crippen molar-refractivity contribution in [3.05, 3.63) is 12.2 Å². The van der Waals surface area contributed by atoms with Crippen molar-refractivity contribution in [3.8, 4) is 0 Å². The lowest BCUT2D eigenvalue weighted by Crippen LogP contribution is -2.30. The predicted octanol–water partition coefficient (Wildman–Crippen LogP) is 1.05. The Labute approximate surface area is 44.2 Å². The van der Waals surface area contributed by atoms with Gasteiger partial charge < -0.3 is 5.73 Å². The van der Waals surface area contributed by atoms with E-state index in [0.29, 0.717) is 0 Å². The van der Waals surface area contributed by atoms with Gasteiger partial charge >= 0.3 is 0 Å². The molecule has 1 unspecified atom stereocenters. The van der Waals surface area contributed by atoms with Crippen LogP contribution in [-0.4, -0.2) is 5.54 Å². The first-order valence-electron chi connectivity index (χ1n) is 2.67. The van der Waals surface area contributed by atoms with Gasteiger partial charge in [0.2, 0.25) is 0 Å². The molecule has 0 amide bonds. The lowest BCUT2D eigenvalue weighted by Gasteiger charge is -2.12. The van der Waals surface area contributed by atoms with Crippen molar-refractivity contribution in [1.82, 2.24) is 0 Å². The summed E-state index contributed by atoms with van der Waals surface area (Å²) in [5.74, 6) is 0. The molecule has 0 aromatic rings. The molecule has 0 spiro atoms. The lowest BCUT2D eigenvalue weighted by atomic mass is 10.1. The predicted molar refractivity (Wildman–Crippen MR) is 31.0 cm³/mol. The number of hydrogen-bond acceptors (Lipinski definition) is 1. The summed E-state index contributed by atoms with van der Waals surface area (Å²) in [5, 5.41) is 0. The Morgan fingerprint density at radius 3 is 2.57 bits per heavy atom. The third-order valence-corrected chi connectivity index (χ3v) is 1.35. The van der Waals surface area contributed by atoms with Crippen LogP contribution in [-0.2, 0) is 0 Å². The van der Waals surface area contributed by atoms with Crippen LogP contribution in [0.5, 0.6) is 0 Å². The Balaban J connectivity index is 2.57. The summed E-state index contributed by atoms with van der Waals surface area (Å²) in [6, 6.07) is 0. The van der Waals surface area contributed by atoms with Gasteiger partial charge in [-0.1, -0.05) is 12.2 Å². The topological polar surface area (TPSA) is 26.0 Å². The fourth-order valence-corrected chi connectivity index (χ4v) is 0.830. The van der Waals surface area contributed by atoms with E-state index in [2.05, 4.69) is 19.1 Å². The molecule has 0 saturated heterocycles. The maximum atomic E-state index is 5.69. The van der Waals surface area contributed by atoms with Gasteiger partial charge in [-0.15, -0.1) is 0 Å². The van der Waals surface area contributed by atoms with Gasteiger partial charge in [0.1, 0.15) is 0 Å². The average Bonchev–Trinajstić information content (AvgIpc) is 1.84. The number of hydrogen-bond donors (Lipinski definition) is 1. The lowest BCUT2D eigenvalue weighted by molar-refractivity contribution is 0.571. The van der Waals surface area contributed by atoms with E-state index >= 15 is 0 Å². The highest BCUT2D eigenvalue weighted by molar-refractivity contribution is 5.08. The molecule has 0 aliphatic heterocycles. The normalized spacial score (nSPS) is 39.7. The van der Waals surface area contributed by atoms with E-state index in [1.165, 1.54) is 0 Å². The molecule has 2 N–H and O–H groups in total. The molecule has 0 heterocycles. The van der Waals surface area contributed by atoms with Crippen LogP contribution in [0.15, 0.2) is 12.2 Å². The molecule has 7 heavy (non-hydrogen) atoms. The summed E-state index contributed by atoms with van der Waals surface area (Å²) in [7, 11) is 0. The molecule has 0 saturated carbocycles. The largest absolute Gasteiger partial charge is 0.322 e. The zero-order chi connectivity index (χ0) is 5.33. The molecule has 0 fully saturated rings. The fourth-order valence-electron chi connectivity index (χ4n) is 0.830. The third-order valence-electron chi connectivity index (χ3n) is 1.35. The summed E-state index contributed by atoms with van der Waals surface area (Å²) >= 11 is 0. The first kappa shape index (κ1) is 4.85. The summed E-state index contributed by atoms with van der Waals surface area (Å²) < 4.78 is 0. The number of nitrogens with two attached hydrogens (primary N) is 1. The van der Waals surface area contributed by atoms with Gasteiger partial charge in [0, 0.05) is 5.54 Å². The van der Waals surface area contributed by atoms with Gasteiger partial charge in [0.25, 0.3) is 0 Å². The smallest absolute Gasteiger partial charge is 0.0313 e. The van der Waals surface area contributed by atoms with E-state index < -0.39 is 0 Å². The van der Waals surface area contributed by atoms with Crippen molar-refractivity contribution in [3.63, 3.8) is 0 Å². The monoisotopic (exact) mass is 97.1 g/mol. The quantitative estimate of drug-likeness (QED) is 0.449. The van der Waals surface area contributed by atoms with Crippen molar-refractivity contribution >= 4 is 0 Å². The van der Waals surface area contributed by atoms with E-state index in [1.54, 1.807) is 0 Å². The minimum atomic E-state index is 0.0139. The molecule has 1 heteroatoms. The molecule has 1 nitrogen and oxygen atoms in total. The van der Waals surface area contributed by atoms with Gasteiger partial charge in [-0.3, -0.25) is 0 Å². The van der Waals surface area contributed by atoms with Crippen LogP contribution in [0.1, 0.15) is 19.8 Å². The second-order valence-electron chi connectivity index (χ2n) is 2.45. The number of allylic oxidation sites excluding steroid dienone is 1. The van der Waals surface area contributed by atoms with Crippen molar-refractivity contribution < 1.29 is 0 Å². The zero-order valence-electron chi connectivity index (χ0n) is 4.65. The van der Waals surface area contributed by atoms with Gasteiger partial charge in [-0.2, -0.15) is 0 Å². The Morgan fingerprint density at radius 1 is 1.71 bits per heavy atom. The van der Waals surface area contributed by atoms with Crippen molar-refractivity contribution in [2.24, 2.45) is 5.73 Å². The maximum Gasteiger partial charge on any atom is 0.0313 e. The SMILES string of the molecule is CC1(N)C=CCC1. The zero-order valence-corrected chi connectivity index (χ0v) is 4.65. The summed E-state index contributed by atoms with van der Waals surface area (Å²) in [6.07, 6.45) is 6.49. The molecular weight excluding hydrogens is 86.1 g/mol.